The fourth-order valence-electron chi connectivity index (χ4n) is 2.22. The molecule has 1 atom stereocenters. The zero-order valence-corrected chi connectivity index (χ0v) is 12.2. The molecular weight excluding hydrogens is 247 g/mol. The summed E-state index contributed by atoms with van der Waals surface area (Å²) in [6.07, 6.45) is 0. The third-order valence-corrected chi connectivity index (χ3v) is 3.10. The molecule has 1 unspecified atom stereocenters. The maximum atomic E-state index is 2.18. The van der Waals surface area contributed by atoms with Crippen LogP contribution >= 0.6 is 9.90 Å². The molecule has 94 valence electrons. The van der Waals surface area contributed by atoms with Crippen molar-refractivity contribution in [1.82, 2.24) is 0 Å². The Balaban J connectivity index is 0.00000133. The molecule has 1 heteroatoms. The van der Waals surface area contributed by atoms with Gasteiger partial charge in [-0.15, -0.1) is 0 Å². The van der Waals surface area contributed by atoms with Gasteiger partial charge in [0.1, 0.15) is 0 Å². The third kappa shape index (κ3) is 2.92. The van der Waals surface area contributed by atoms with Crippen molar-refractivity contribution in [3.05, 3.63) is 84.9 Å². The van der Waals surface area contributed by atoms with E-state index in [0.29, 0.717) is 0 Å². The maximum Gasteiger partial charge on any atom is -0.0105 e. The maximum absolute atomic E-state index is 2.18. The Hall–Kier alpha value is -1.91. The van der Waals surface area contributed by atoms with Gasteiger partial charge in [0.15, 0.2) is 0 Å². The van der Waals surface area contributed by atoms with E-state index < -0.39 is 0 Å². The van der Waals surface area contributed by atoms with E-state index in [1.54, 1.807) is 0 Å². The standard InChI is InChI=1S/C18H14.H3P/c1-3-9-15(10-4-1)17-13-7-8-14-18(17)16-11-5-2-6-12-16;/h1-14H;1H3. The van der Waals surface area contributed by atoms with Gasteiger partial charge in [-0.05, 0) is 22.3 Å². The minimum absolute atomic E-state index is 0. The van der Waals surface area contributed by atoms with E-state index in [1.165, 1.54) is 22.3 Å². The summed E-state index contributed by atoms with van der Waals surface area (Å²) in [5.41, 5.74) is 5.09. The van der Waals surface area contributed by atoms with Crippen LogP contribution in [-0.2, 0) is 0 Å². The molecule has 0 aliphatic carbocycles. The first kappa shape index (κ1) is 13.5. The molecule has 3 rings (SSSR count). The second-order valence-electron chi connectivity index (χ2n) is 4.28. The van der Waals surface area contributed by atoms with E-state index in [-0.39, 0.29) is 9.90 Å². The summed E-state index contributed by atoms with van der Waals surface area (Å²) >= 11 is 0. The van der Waals surface area contributed by atoms with Crippen molar-refractivity contribution in [3.8, 4) is 22.3 Å². The minimum Gasteiger partial charge on any atom is -0.153 e. The zero-order chi connectivity index (χ0) is 12.2. The summed E-state index contributed by atoms with van der Waals surface area (Å²) in [6.45, 7) is 0. The van der Waals surface area contributed by atoms with Crippen LogP contribution in [-0.4, -0.2) is 0 Å². The van der Waals surface area contributed by atoms with Gasteiger partial charge in [0.25, 0.3) is 0 Å². The Kier molecular flexibility index (Phi) is 4.49. The van der Waals surface area contributed by atoms with Gasteiger partial charge in [0.2, 0.25) is 0 Å². The molecule has 0 saturated carbocycles. The highest BCUT2D eigenvalue weighted by molar-refractivity contribution is 6.92. The zero-order valence-electron chi connectivity index (χ0n) is 10.8. The summed E-state index contributed by atoms with van der Waals surface area (Å²) in [5.74, 6) is 0. The van der Waals surface area contributed by atoms with Crippen LogP contribution in [0, 0.1) is 0 Å². The highest BCUT2D eigenvalue weighted by Crippen LogP contribution is 2.31. The normalized spacial score (nSPS) is 9.68. The summed E-state index contributed by atoms with van der Waals surface area (Å²) < 4.78 is 0. The van der Waals surface area contributed by atoms with Crippen LogP contribution in [0.2, 0.25) is 0 Å². The van der Waals surface area contributed by atoms with Crippen LogP contribution in [0.25, 0.3) is 22.3 Å². The van der Waals surface area contributed by atoms with Gasteiger partial charge in [0, 0.05) is 0 Å². The SMILES string of the molecule is P.c1ccc(-c2ccccc2-c2ccccc2)cc1. The van der Waals surface area contributed by atoms with Crippen LogP contribution in [0.4, 0.5) is 0 Å². The molecule has 3 aromatic rings. The number of hydrogen-bond donors (Lipinski definition) is 0. The largest absolute Gasteiger partial charge is 0.153 e. The highest BCUT2D eigenvalue weighted by atomic mass is 31.0. The molecule has 0 radical (unpaired) electrons. The van der Waals surface area contributed by atoms with E-state index in [1.807, 2.05) is 0 Å². The van der Waals surface area contributed by atoms with Crippen molar-refractivity contribution in [3.63, 3.8) is 0 Å². The molecule has 0 saturated heterocycles. The molecule has 0 aromatic heterocycles. The fourth-order valence-corrected chi connectivity index (χ4v) is 2.22. The molecule has 0 spiro atoms. The first-order valence-electron chi connectivity index (χ1n) is 6.15. The summed E-state index contributed by atoms with van der Waals surface area (Å²) in [4.78, 5) is 0. The molecule has 0 amide bonds. The Bertz CT molecular complexity index is 572. The smallest absolute Gasteiger partial charge is 0.0105 e. The summed E-state index contributed by atoms with van der Waals surface area (Å²) in [7, 11) is 0. The lowest BCUT2D eigenvalue weighted by molar-refractivity contribution is 1.58. The Morgan fingerprint density at radius 3 is 1.05 bits per heavy atom. The van der Waals surface area contributed by atoms with Gasteiger partial charge < -0.3 is 0 Å². The molecule has 0 nitrogen and oxygen atoms in total. The van der Waals surface area contributed by atoms with Crippen LogP contribution < -0.4 is 0 Å². The molecule has 0 aliphatic heterocycles. The van der Waals surface area contributed by atoms with Gasteiger partial charge in [-0.1, -0.05) is 84.9 Å². The molecule has 0 aliphatic rings. The molecule has 0 heterocycles. The Labute approximate surface area is 117 Å². The predicted octanol–water partition coefficient (Wildman–Crippen LogP) is 5.08. The van der Waals surface area contributed by atoms with E-state index in [9.17, 15) is 0 Å². The number of hydrogen-bond acceptors (Lipinski definition) is 0. The monoisotopic (exact) mass is 264 g/mol. The van der Waals surface area contributed by atoms with Gasteiger partial charge in [-0.25, -0.2) is 0 Å². The summed E-state index contributed by atoms with van der Waals surface area (Å²) in [6, 6.07) is 29.6. The predicted molar refractivity (Wildman–Crippen MR) is 88.4 cm³/mol. The van der Waals surface area contributed by atoms with Crippen LogP contribution in [0.1, 0.15) is 0 Å². The van der Waals surface area contributed by atoms with Crippen molar-refractivity contribution in [2.45, 2.75) is 0 Å². The molecule has 3 aromatic carbocycles. The van der Waals surface area contributed by atoms with Crippen LogP contribution in [0.5, 0.6) is 0 Å². The van der Waals surface area contributed by atoms with Crippen LogP contribution in [0.15, 0.2) is 84.9 Å². The van der Waals surface area contributed by atoms with E-state index >= 15 is 0 Å². The minimum atomic E-state index is 0. The average Bonchev–Trinajstić information content (AvgIpc) is 2.49. The Morgan fingerprint density at radius 1 is 0.368 bits per heavy atom. The lowest BCUT2D eigenvalue weighted by Crippen LogP contribution is -1.83. The van der Waals surface area contributed by atoms with Gasteiger partial charge in [-0.2, -0.15) is 9.90 Å². The van der Waals surface area contributed by atoms with Gasteiger partial charge in [-0.3, -0.25) is 0 Å². The molecule has 0 bridgehead atoms. The summed E-state index contributed by atoms with van der Waals surface area (Å²) in [5, 5.41) is 0. The van der Waals surface area contributed by atoms with Crippen molar-refractivity contribution in [1.29, 1.82) is 0 Å². The van der Waals surface area contributed by atoms with E-state index in [4.69, 9.17) is 0 Å². The number of rotatable bonds is 2. The van der Waals surface area contributed by atoms with Crippen LogP contribution in [0.3, 0.4) is 0 Å². The Morgan fingerprint density at radius 2 is 0.684 bits per heavy atom. The van der Waals surface area contributed by atoms with Gasteiger partial charge in [0.05, 0.1) is 0 Å². The molecular formula is C18H17P. The average molecular weight is 264 g/mol. The highest BCUT2D eigenvalue weighted by Gasteiger charge is 2.05. The van der Waals surface area contributed by atoms with Gasteiger partial charge >= 0.3 is 0 Å². The second-order valence-corrected chi connectivity index (χ2v) is 4.28. The first-order valence-corrected chi connectivity index (χ1v) is 6.15. The van der Waals surface area contributed by atoms with Crippen molar-refractivity contribution >= 4 is 9.90 Å². The van der Waals surface area contributed by atoms with Crippen molar-refractivity contribution in [2.24, 2.45) is 0 Å². The second kappa shape index (κ2) is 6.31. The quantitative estimate of drug-likeness (QED) is 0.566. The molecule has 0 fully saturated rings. The molecule has 0 N–H and O–H groups in total. The lowest BCUT2D eigenvalue weighted by atomic mass is 9.95. The van der Waals surface area contributed by atoms with E-state index in [0.717, 1.165) is 0 Å². The lowest BCUT2D eigenvalue weighted by Gasteiger charge is -2.09. The topological polar surface area (TPSA) is 0 Å². The number of benzene rings is 3. The van der Waals surface area contributed by atoms with E-state index in [2.05, 4.69) is 84.9 Å². The van der Waals surface area contributed by atoms with Crippen molar-refractivity contribution in [2.75, 3.05) is 0 Å². The third-order valence-electron chi connectivity index (χ3n) is 3.10. The van der Waals surface area contributed by atoms with Crippen molar-refractivity contribution < 1.29 is 0 Å². The fraction of sp³-hybridized carbons (Fsp3) is 0. The first-order chi connectivity index (χ1) is 8.95. The molecule has 19 heavy (non-hydrogen) atoms.